The van der Waals surface area contributed by atoms with E-state index in [1.54, 1.807) is 6.07 Å². The molecule has 0 bridgehead atoms. The van der Waals surface area contributed by atoms with Gasteiger partial charge < -0.3 is 10.1 Å². The monoisotopic (exact) mass is 420 g/mol. The number of nitrogens with zero attached hydrogens (tertiary/aromatic N) is 1. The molecule has 2 aromatic carbocycles. The summed E-state index contributed by atoms with van der Waals surface area (Å²) in [4.78, 5) is 14.8. The Balaban J connectivity index is 1.35. The van der Waals surface area contributed by atoms with Crippen LogP contribution in [0.5, 0.6) is 5.75 Å². The maximum atomic E-state index is 12.4. The van der Waals surface area contributed by atoms with Gasteiger partial charge in [0.1, 0.15) is 12.4 Å². The number of benzene rings is 2. The maximum Gasteiger partial charge on any atom is 0.223 e. The van der Waals surface area contributed by atoms with Crippen molar-refractivity contribution in [2.45, 2.75) is 26.3 Å². The second kappa shape index (κ2) is 10.1. The van der Waals surface area contributed by atoms with Crippen molar-refractivity contribution in [2.24, 2.45) is 5.92 Å². The lowest BCUT2D eigenvalue weighted by Gasteiger charge is -2.31. The molecule has 4 nitrogen and oxygen atoms in total. The molecule has 3 rings (SSSR count). The summed E-state index contributed by atoms with van der Waals surface area (Å²) < 4.78 is 5.65. The lowest BCUT2D eigenvalue weighted by molar-refractivity contribution is -0.126. The van der Waals surface area contributed by atoms with Gasteiger partial charge in [-0.25, -0.2) is 0 Å². The van der Waals surface area contributed by atoms with Gasteiger partial charge in [-0.2, -0.15) is 0 Å². The largest absolute Gasteiger partial charge is 0.492 e. The van der Waals surface area contributed by atoms with Crippen LogP contribution in [0.4, 0.5) is 0 Å². The summed E-state index contributed by atoms with van der Waals surface area (Å²) in [7, 11) is 0. The number of aryl methyl sites for hydroxylation is 1. The van der Waals surface area contributed by atoms with E-state index in [1.165, 1.54) is 5.56 Å². The first-order chi connectivity index (χ1) is 13.5. The number of carbonyl (C=O) groups excluding carboxylic acids is 1. The fourth-order valence-corrected chi connectivity index (χ4v) is 3.78. The number of amides is 1. The Hall–Kier alpha value is -1.75. The minimum absolute atomic E-state index is 0.0735. The quantitative estimate of drug-likeness (QED) is 0.659. The van der Waals surface area contributed by atoms with Crippen LogP contribution in [0.1, 0.15) is 24.0 Å². The van der Waals surface area contributed by atoms with Crippen molar-refractivity contribution >= 4 is 29.1 Å². The van der Waals surface area contributed by atoms with E-state index < -0.39 is 0 Å². The van der Waals surface area contributed by atoms with Crippen LogP contribution in [0.15, 0.2) is 42.5 Å². The Morgan fingerprint density at radius 2 is 1.96 bits per heavy atom. The zero-order valence-corrected chi connectivity index (χ0v) is 17.6. The van der Waals surface area contributed by atoms with Crippen LogP contribution < -0.4 is 10.1 Å². The van der Waals surface area contributed by atoms with Crippen LogP contribution in [0.25, 0.3) is 0 Å². The summed E-state index contributed by atoms with van der Waals surface area (Å²) in [6.45, 7) is 5.59. The van der Waals surface area contributed by atoms with Crippen LogP contribution in [0, 0.1) is 12.8 Å². The molecule has 1 N–H and O–H groups in total. The summed E-state index contributed by atoms with van der Waals surface area (Å²) in [6.07, 6.45) is 1.75. The van der Waals surface area contributed by atoms with Gasteiger partial charge >= 0.3 is 0 Å². The van der Waals surface area contributed by atoms with Crippen LogP contribution in [-0.2, 0) is 11.3 Å². The van der Waals surface area contributed by atoms with Crippen molar-refractivity contribution in [3.63, 3.8) is 0 Å². The number of hydrogen-bond acceptors (Lipinski definition) is 3. The first-order valence-corrected chi connectivity index (χ1v) is 10.4. The second-order valence-electron chi connectivity index (χ2n) is 7.23. The molecule has 0 unspecified atom stereocenters. The van der Waals surface area contributed by atoms with Gasteiger partial charge in [0.2, 0.25) is 5.91 Å². The van der Waals surface area contributed by atoms with Crippen molar-refractivity contribution in [1.29, 1.82) is 0 Å². The number of piperidine rings is 1. The molecule has 1 amide bonds. The fourth-order valence-electron chi connectivity index (χ4n) is 3.40. The minimum Gasteiger partial charge on any atom is -0.492 e. The number of rotatable bonds is 7. The number of likely N-dealkylation sites (tertiary alicyclic amines) is 1. The Morgan fingerprint density at radius 1 is 1.18 bits per heavy atom. The Kier molecular flexibility index (Phi) is 7.60. The van der Waals surface area contributed by atoms with Crippen molar-refractivity contribution < 1.29 is 9.53 Å². The summed E-state index contributed by atoms with van der Waals surface area (Å²) >= 11 is 12.1. The smallest absolute Gasteiger partial charge is 0.223 e. The topological polar surface area (TPSA) is 41.6 Å². The molecule has 0 radical (unpaired) electrons. The van der Waals surface area contributed by atoms with Crippen LogP contribution in [0.3, 0.4) is 0 Å². The SMILES string of the molecule is Cc1ccc(OCCNC(=O)C2CCN(Cc3cccc(Cl)c3)CC2)cc1Cl. The number of nitrogens with one attached hydrogen (secondary N) is 1. The molecule has 6 heteroatoms. The third-order valence-electron chi connectivity index (χ3n) is 5.07. The Labute approximate surface area is 176 Å². The third kappa shape index (κ3) is 6.13. The van der Waals surface area contributed by atoms with E-state index in [1.807, 2.05) is 37.3 Å². The number of ether oxygens (including phenoxy) is 1. The molecule has 0 saturated carbocycles. The Bertz CT molecular complexity index is 805. The fraction of sp³-hybridized carbons (Fsp3) is 0.409. The molecule has 0 aromatic heterocycles. The highest BCUT2D eigenvalue weighted by molar-refractivity contribution is 6.31. The third-order valence-corrected chi connectivity index (χ3v) is 5.71. The molecule has 1 aliphatic heterocycles. The standard InChI is InChI=1S/C22H26Cl2N2O2/c1-16-5-6-20(14-21(16)24)28-12-9-25-22(27)18-7-10-26(11-8-18)15-17-3-2-4-19(23)13-17/h2-6,13-14,18H,7-12,15H2,1H3,(H,25,27). The molecular weight excluding hydrogens is 395 g/mol. The van der Waals surface area contributed by atoms with Gasteiger partial charge in [0.15, 0.2) is 0 Å². The van der Waals surface area contributed by atoms with E-state index in [2.05, 4.69) is 16.3 Å². The van der Waals surface area contributed by atoms with Gasteiger partial charge in [0.05, 0.1) is 6.54 Å². The molecule has 2 aromatic rings. The van der Waals surface area contributed by atoms with Crippen LogP contribution in [0.2, 0.25) is 10.0 Å². The summed E-state index contributed by atoms with van der Waals surface area (Å²) in [5.74, 6) is 0.913. The van der Waals surface area contributed by atoms with Crippen molar-refractivity contribution in [1.82, 2.24) is 10.2 Å². The zero-order valence-electron chi connectivity index (χ0n) is 16.1. The maximum absolute atomic E-state index is 12.4. The summed E-state index contributed by atoms with van der Waals surface area (Å²) in [6, 6.07) is 13.6. The van der Waals surface area contributed by atoms with E-state index in [0.717, 1.165) is 48.8 Å². The Morgan fingerprint density at radius 3 is 2.68 bits per heavy atom. The van der Waals surface area contributed by atoms with Crippen molar-refractivity contribution in [2.75, 3.05) is 26.2 Å². The molecular formula is C22H26Cl2N2O2. The molecule has 0 atom stereocenters. The molecule has 1 saturated heterocycles. The van der Waals surface area contributed by atoms with Gasteiger partial charge in [-0.05, 0) is 68.2 Å². The normalized spacial score (nSPS) is 15.4. The number of halogens is 2. The van der Waals surface area contributed by atoms with E-state index in [4.69, 9.17) is 27.9 Å². The first-order valence-electron chi connectivity index (χ1n) is 9.65. The lowest BCUT2D eigenvalue weighted by atomic mass is 9.95. The first kappa shape index (κ1) is 21.0. The van der Waals surface area contributed by atoms with Gasteiger partial charge in [0.25, 0.3) is 0 Å². The lowest BCUT2D eigenvalue weighted by Crippen LogP contribution is -2.41. The van der Waals surface area contributed by atoms with Gasteiger partial charge in [-0.3, -0.25) is 9.69 Å². The van der Waals surface area contributed by atoms with E-state index in [-0.39, 0.29) is 11.8 Å². The summed E-state index contributed by atoms with van der Waals surface area (Å²) in [5.41, 5.74) is 2.23. The number of hydrogen-bond donors (Lipinski definition) is 1. The van der Waals surface area contributed by atoms with E-state index in [0.29, 0.717) is 18.2 Å². The van der Waals surface area contributed by atoms with Gasteiger partial charge in [-0.1, -0.05) is 41.4 Å². The van der Waals surface area contributed by atoms with E-state index in [9.17, 15) is 4.79 Å². The minimum atomic E-state index is 0.0735. The highest BCUT2D eigenvalue weighted by Gasteiger charge is 2.24. The molecule has 0 spiro atoms. The van der Waals surface area contributed by atoms with Crippen molar-refractivity contribution in [3.8, 4) is 5.75 Å². The molecule has 0 aliphatic carbocycles. The molecule has 150 valence electrons. The number of carbonyl (C=O) groups is 1. The zero-order chi connectivity index (χ0) is 19.9. The van der Waals surface area contributed by atoms with Gasteiger partial charge in [0, 0.05) is 22.5 Å². The molecule has 1 fully saturated rings. The molecule has 1 aliphatic rings. The molecule has 1 heterocycles. The average molecular weight is 421 g/mol. The highest BCUT2D eigenvalue weighted by atomic mass is 35.5. The van der Waals surface area contributed by atoms with Crippen molar-refractivity contribution in [3.05, 3.63) is 63.6 Å². The second-order valence-corrected chi connectivity index (χ2v) is 8.07. The van der Waals surface area contributed by atoms with Crippen LogP contribution >= 0.6 is 23.2 Å². The predicted molar refractivity (Wildman–Crippen MR) is 114 cm³/mol. The highest BCUT2D eigenvalue weighted by Crippen LogP contribution is 2.22. The predicted octanol–water partition coefficient (Wildman–Crippen LogP) is 4.71. The molecule has 28 heavy (non-hydrogen) atoms. The van der Waals surface area contributed by atoms with Crippen LogP contribution in [-0.4, -0.2) is 37.0 Å². The summed E-state index contributed by atoms with van der Waals surface area (Å²) in [5, 5.41) is 4.44. The van der Waals surface area contributed by atoms with Gasteiger partial charge in [-0.15, -0.1) is 0 Å². The average Bonchev–Trinajstić information content (AvgIpc) is 2.68. The van der Waals surface area contributed by atoms with E-state index >= 15 is 0 Å².